The third-order valence-electron chi connectivity index (χ3n) is 3.38. The first-order valence-corrected chi connectivity index (χ1v) is 6.71. The Morgan fingerprint density at radius 3 is 3.00 bits per heavy atom. The van der Waals surface area contributed by atoms with E-state index in [-0.39, 0.29) is 6.61 Å². The van der Waals surface area contributed by atoms with E-state index in [0.29, 0.717) is 6.04 Å². The van der Waals surface area contributed by atoms with Crippen molar-refractivity contribution in [3.63, 3.8) is 0 Å². The van der Waals surface area contributed by atoms with Gasteiger partial charge in [0.1, 0.15) is 0 Å². The molecule has 1 aliphatic heterocycles. The first kappa shape index (κ1) is 11.9. The van der Waals surface area contributed by atoms with Crippen LogP contribution in [0.3, 0.4) is 0 Å². The molecule has 1 fully saturated rings. The van der Waals surface area contributed by atoms with Crippen molar-refractivity contribution < 1.29 is 5.11 Å². The number of anilines is 1. The number of rotatable bonds is 3. The number of aliphatic hydroxyl groups is 1. The van der Waals surface area contributed by atoms with Crippen LogP contribution >= 0.6 is 15.9 Å². The zero-order chi connectivity index (χ0) is 11.5. The topological polar surface area (TPSA) is 23.5 Å². The third-order valence-corrected chi connectivity index (χ3v) is 3.87. The van der Waals surface area contributed by atoms with Crippen LogP contribution in [0.15, 0.2) is 22.7 Å². The van der Waals surface area contributed by atoms with Gasteiger partial charge in [0.25, 0.3) is 0 Å². The van der Waals surface area contributed by atoms with Crippen LogP contribution in [0, 0.1) is 0 Å². The van der Waals surface area contributed by atoms with Crippen LogP contribution in [0.5, 0.6) is 0 Å². The van der Waals surface area contributed by atoms with Crippen molar-refractivity contribution in [3.05, 3.63) is 28.2 Å². The Morgan fingerprint density at radius 2 is 2.31 bits per heavy atom. The summed E-state index contributed by atoms with van der Waals surface area (Å²) in [6, 6.07) is 6.76. The van der Waals surface area contributed by atoms with Crippen LogP contribution in [0.4, 0.5) is 5.69 Å². The molecule has 0 spiro atoms. The molecule has 1 atom stereocenters. The molecule has 0 aliphatic carbocycles. The summed E-state index contributed by atoms with van der Waals surface area (Å²) >= 11 is 3.51. The normalized spacial score (nSPS) is 20.4. The van der Waals surface area contributed by atoms with E-state index in [0.717, 1.165) is 16.6 Å². The Balaban J connectivity index is 2.34. The van der Waals surface area contributed by atoms with Gasteiger partial charge in [-0.25, -0.2) is 0 Å². The molecule has 0 amide bonds. The molecule has 2 nitrogen and oxygen atoms in total. The molecule has 0 radical (unpaired) electrons. The van der Waals surface area contributed by atoms with Crippen LogP contribution < -0.4 is 4.90 Å². The summed E-state index contributed by atoms with van der Waals surface area (Å²) in [6.07, 6.45) is 3.71. The molecule has 1 unspecified atom stereocenters. The fraction of sp³-hybridized carbons (Fsp3) is 0.538. The largest absolute Gasteiger partial charge is 0.392 e. The van der Waals surface area contributed by atoms with Crippen molar-refractivity contribution in [1.82, 2.24) is 0 Å². The average Bonchev–Trinajstić information content (AvgIpc) is 2.76. The molecule has 1 aromatic rings. The molecule has 2 rings (SSSR count). The van der Waals surface area contributed by atoms with Crippen molar-refractivity contribution in [2.75, 3.05) is 11.4 Å². The summed E-state index contributed by atoms with van der Waals surface area (Å²) in [5, 5.41) is 9.39. The van der Waals surface area contributed by atoms with E-state index < -0.39 is 0 Å². The van der Waals surface area contributed by atoms with Gasteiger partial charge >= 0.3 is 0 Å². The highest BCUT2D eigenvalue weighted by atomic mass is 79.9. The van der Waals surface area contributed by atoms with E-state index >= 15 is 0 Å². The second-order valence-corrected chi connectivity index (χ2v) is 5.24. The Morgan fingerprint density at radius 1 is 1.50 bits per heavy atom. The maximum Gasteiger partial charge on any atom is 0.0702 e. The predicted octanol–water partition coefficient (Wildman–Crippen LogP) is 3.32. The molecule has 0 bridgehead atoms. The predicted molar refractivity (Wildman–Crippen MR) is 70.7 cm³/mol. The van der Waals surface area contributed by atoms with Gasteiger partial charge in [0.05, 0.1) is 6.61 Å². The van der Waals surface area contributed by atoms with Crippen LogP contribution in [0.2, 0.25) is 0 Å². The molecule has 1 aliphatic rings. The van der Waals surface area contributed by atoms with Crippen LogP contribution in [-0.2, 0) is 6.61 Å². The summed E-state index contributed by atoms with van der Waals surface area (Å²) in [5.41, 5.74) is 2.23. The number of hydrogen-bond donors (Lipinski definition) is 1. The summed E-state index contributed by atoms with van der Waals surface area (Å²) in [4.78, 5) is 2.44. The van der Waals surface area contributed by atoms with Gasteiger partial charge in [-0.05, 0) is 31.4 Å². The number of benzene rings is 1. The lowest BCUT2D eigenvalue weighted by molar-refractivity contribution is 0.282. The molecule has 1 heterocycles. The Bertz CT molecular complexity index is 367. The van der Waals surface area contributed by atoms with E-state index in [4.69, 9.17) is 0 Å². The number of aliphatic hydroxyl groups excluding tert-OH is 1. The molecular formula is C13H18BrNO. The van der Waals surface area contributed by atoms with Crippen LogP contribution in [0.1, 0.15) is 31.7 Å². The van der Waals surface area contributed by atoms with Gasteiger partial charge in [0.2, 0.25) is 0 Å². The zero-order valence-electron chi connectivity index (χ0n) is 9.62. The second-order valence-electron chi connectivity index (χ2n) is 4.33. The van der Waals surface area contributed by atoms with Gasteiger partial charge in [-0.2, -0.15) is 0 Å². The van der Waals surface area contributed by atoms with Gasteiger partial charge in [-0.1, -0.05) is 28.9 Å². The van der Waals surface area contributed by atoms with Gasteiger partial charge < -0.3 is 10.0 Å². The Labute approximate surface area is 105 Å². The van der Waals surface area contributed by atoms with Gasteiger partial charge in [0, 0.05) is 28.3 Å². The molecule has 1 N–H and O–H groups in total. The lowest BCUT2D eigenvalue weighted by Crippen LogP contribution is -2.29. The van der Waals surface area contributed by atoms with E-state index in [1.807, 2.05) is 12.1 Å². The first-order chi connectivity index (χ1) is 7.76. The Hall–Kier alpha value is -0.540. The number of halogens is 1. The minimum absolute atomic E-state index is 0.121. The highest BCUT2D eigenvalue weighted by Gasteiger charge is 2.24. The summed E-state index contributed by atoms with van der Waals surface area (Å²) < 4.78 is 1.08. The SMILES string of the molecule is CCC1CCCN1c1cc(Br)ccc1CO. The molecule has 1 saturated heterocycles. The van der Waals surface area contributed by atoms with Crippen LogP contribution in [0.25, 0.3) is 0 Å². The number of nitrogens with zero attached hydrogens (tertiary/aromatic N) is 1. The monoisotopic (exact) mass is 283 g/mol. The number of hydrogen-bond acceptors (Lipinski definition) is 2. The van der Waals surface area contributed by atoms with E-state index in [9.17, 15) is 5.11 Å². The smallest absolute Gasteiger partial charge is 0.0702 e. The molecule has 88 valence electrons. The maximum atomic E-state index is 9.39. The maximum absolute atomic E-state index is 9.39. The summed E-state index contributed by atoms with van der Waals surface area (Å²) in [7, 11) is 0. The minimum Gasteiger partial charge on any atom is -0.392 e. The minimum atomic E-state index is 0.121. The second kappa shape index (κ2) is 5.19. The summed E-state index contributed by atoms with van der Waals surface area (Å²) in [5.74, 6) is 0. The van der Waals surface area contributed by atoms with Crippen molar-refractivity contribution in [3.8, 4) is 0 Å². The highest BCUT2D eigenvalue weighted by Crippen LogP contribution is 2.32. The van der Waals surface area contributed by atoms with Gasteiger partial charge in [-0.3, -0.25) is 0 Å². The van der Waals surface area contributed by atoms with Crippen molar-refractivity contribution >= 4 is 21.6 Å². The van der Waals surface area contributed by atoms with E-state index in [1.54, 1.807) is 0 Å². The molecule has 1 aromatic carbocycles. The molecular weight excluding hydrogens is 266 g/mol. The lowest BCUT2D eigenvalue weighted by atomic mass is 10.1. The van der Waals surface area contributed by atoms with E-state index in [2.05, 4.69) is 33.8 Å². The quantitative estimate of drug-likeness (QED) is 0.920. The Kier molecular flexibility index (Phi) is 3.87. The third kappa shape index (κ3) is 2.25. The van der Waals surface area contributed by atoms with Crippen molar-refractivity contribution in [1.29, 1.82) is 0 Å². The van der Waals surface area contributed by atoms with Crippen molar-refractivity contribution in [2.45, 2.75) is 38.8 Å². The molecule has 16 heavy (non-hydrogen) atoms. The first-order valence-electron chi connectivity index (χ1n) is 5.92. The molecule has 3 heteroatoms. The van der Waals surface area contributed by atoms with Gasteiger partial charge in [0.15, 0.2) is 0 Å². The van der Waals surface area contributed by atoms with Crippen molar-refractivity contribution in [2.24, 2.45) is 0 Å². The fourth-order valence-corrected chi connectivity index (χ4v) is 2.86. The van der Waals surface area contributed by atoms with Gasteiger partial charge in [-0.15, -0.1) is 0 Å². The fourth-order valence-electron chi connectivity index (χ4n) is 2.52. The van der Waals surface area contributed by atoms with E-state index in [1.165, 1.54) is 24.9 Å². The van der Waals surface area contributed by atoms with Crippen LogP contribution in [-0.4, -0.2) is 17.7 Å². The zero-order valence-corrected chi connectivity index (χ0v) is 11.2. The highest BCUT2D eigenvalue weighted by molar-refractivity contribution is 9.10. The standard InChI is InChI=1S/C13H18BrNO/c1-2-12-4-3-7-15(12)13-8-11(14)6-5-10(13)9-16/h5-6,8,12,16H,2-4,7,9H2,1H3. The molecule has 0 aromatic heterocycles. The average molecular weight is 284 g/mol. The molecule has 0 saturated carbocycles. The lowest BCUT2D eigenvalue weighted by Gasteiger charge is -2.28. The summed E-state index contributed by atoms with van der Waals surface area (Å²) in [6.45, 7) is 3.47.